The summed E-state index contributed by atoms with van der Waals surface area (Å²) in [6.07, 6.45) is 2.88. The highest BCUT2D eigenvalue weighted by Crippen LogP contribution is 2.32. The van der Waals surface area contributed by atoms with Gasteiger partial charge in [0.1, 0.15) is 5.69 Å². The minimum atomic E-state index is -0.632. The zero-order chi connectivity index (χ0) is 25.6. The van der Waals surface area contributed by atoms with Crippen molar-refractivity contribution < 1.29 is 23.5 Å². The summed E-state index contributed by atoms with van der Waals surface area (Å²) in [5, 5.41) is 5.08. The van der Waals surface area contributed by atoms with Gasteiger partial charge in [-0.3, -0.25) is 4.79 Å². The fourth-order valence-electron chi connectivity index (χ4n) is 3.94. The van der Waals surface area contributed by atoms with E-state index in [0.29, 0.717) is 23.6 Å². The number of fused-ring (bicyclic) bond motifs is 1. The Balaban J connectivity index is 1.35. The number of carbonyl (C=O) groups excluding carboxylic acids is 2. The molecular formula is C29H23N3O5. The van der Waals surface area contributed by atoms with Crippen molar-refractivity contribution >= 4 is 29.0 Å². The molecule has 0 radical (unpaired) electrons. The minimum absolute atomic E-state index is 0.0858. The first-order valence-electron chi connectivity index (χ1n) is 11.7. The predicted molar refractivity (Wildman–Crippen MR) is 140 cm³/mol. The number of esters is 1. The van der Waals surface area contributed by atoms with E-state index in [4.69, 9.17) is 13.9 Å². The number of hydrogen-bond donors (Lipinski definition) is 2. The van der Waals surface area contributed by atoms with Crippen LogP contribution in [0.3, 0.4) is 0 Å². The molecule has 2 heterocycles. The van der Waals surface area contributed by atoms with E-state index in [2.05, 4.69) is 15.5 Å². The van der Waals surface area contributed by atoms with Crippen molar-refractivity contribution in [2.75, 3.05) is 6.61 Å². The highest BCUT2D eigenvalue weighted by atomic mass is 16.6. The molecule has 0 bridgehead atoms. The summed E-state index contributed by atoms with van der Waals surface area (Å²) in [6.45, 7) is 2.19. The standard InChI is InChI=1S/C29H23N3O5/c1-2-35-25-17-19(14-15-23(25)37-29(34)24-13-8-16-36-24)18-30-32-28(33)27-26(20-9-4-3-5-10-20)21-11-6-7-12-22(21)31-27/h3-18,31H,2H2,1H3,(H,32,33). The van der Waals surface area contributed by atoms with Gasteiger partial charge < -0.3 is 18.9 Å². The van der Waals surface area contributed by atoms with E-state index in [1.165, 1.54) is 18.5 Å². The lowest BCUT2D eigenvalue weighted by Gasteiger charge is -2.10. The molecular weight excluding hydrogens is 470 g/mol. The molecule has 1 amide bonds. The Hall–Kier alpha value is -5.11. The highest BCUT2D eigenvalue weighted by Gasteiger charge is 2.19. The second-order valence-electron chi connectivity index (χ2n) is 7.99. The predicted octanol–water partition coefficient (Wildman–Crippen LogP) is 5.81. The SMILES string of the molecule is CCOc1cc(C=NNC(=O)c2[nH]c3ccccc3c2-c2ccccc2)ccc1OC(=O)c1ccco1. The lowest BCUT2D eigenvalue weighted by Crippen LogP contribution is -2.18. The van der Waals surface area contributed by atoms with Gasteiger partial charge in [-0.2, -0.15) is 5.10 Å². The van der Waals surface area contributed by atoms with Crippen LogP contribution in [0.25, 0.3) is 22.0 Å². The molecule has 5 aromatic rings. The van der Waals surface area contributed by atoms with Crippen LogP contribution in [0.1, 0.15) is 33.5 Å². The average Bonchev–Trinajstić information content (AvgIpc) is 3.59. The Morgan fingerprint density at radius 1 is 0.973 bits per heavy atom. The molecule has 37 heavy (non-hydrogen) atoms. The molecule has 0 fully saturated rings. The van der Waals surface area contributed by atoms with Gasteiger partial charge in [0.25, 0.3) is 5.91 Å². The molecule has 0 spiro atoms. The lowest BCUT2D eigenvalue weighted by atomic mass is 10.0. The highest BCUT2D eigenvalue weighted by molar-refractivity contribution is 6.09. The van der Waals surface area contributed by atoms with Crippen LogP contribution in [0.2, 0.25) is 0 Å². The second kappa shape index (κ2) is 10.7. The first-order valence-corrected chi connectivity index (χ1v) is 11.7. The molecule has 8 nitrogen and oxygen atoms in total. The molecule has 2 aromatic heterocycles. The van der Waals surface area contributed by atoms with E-state index in [-0.39, 0.29) is 17.4 Å². The lowest BCUT2D eigenvalue weighted by molar-refractivity contribution is 0.0695. The van der Waals surface area contributed by atoms with Crippen molar-refractivity contribution in [2.24, 2.45) is 5.10 Å². The summed E-state index contributed by atoms with van der Waals surface area (Å²) in [5.41, 5.74) is 6.25. The van der Waals surface area contributed by atoms with Crippen LogP contribution in [0.15, 0.2) is 101 Å². The Bertz CT molecular complexity index is 1570. The van der Waals surface area contributed by atoms with Gasteiger partial charge >= 0.3 is 5.97 Å². The number of aromatic amines is 1. The van der Waals surface area contributed by atoms with E-state index >= 15 is 0 Å². The van der Waals surface area contributed by atoms with Gasteiger partial charge in [0.05, 0.1) is 19.1 Å². The number of hydrazone groups is 1. The van der Waals surface area contributed by atoms with Gasteiger partial charge in [0.2, 0.25) is 5.76 Å². The molecule has 0 saturated heterocycles. The molecule has 0 aliphatic rings. The molecule has 8 heteroatoms. The topological polar surface area (TPSA) is 106 Å². The average molecular weight is 494 g/mol. The van der Waals surface area contributed by atoms with E-state index in [1.807, 2.05) is 61.5 Å². The fourth-order valence-corrected chi connectivity index (χ4v) is 3.94. The summed E-state index contributed by atoms with van der Waals surface area (Å²) in [6, 6.07) is 25.6. The third kappa shape index (κ3) is 5.13. The van der Waals surface area contributed by atoms with Crippen molar-refractivity contribution in [2.45, 2.75) is 6.92 Å². The monoisotopic (exact) mass is 493 g/mol. The third-order valence-electron chi connectivity index (χ3n) is 5.57. The Morgan fingerprint density at radius 3 is 2.57 bits per heavy atom. The summed E-state index contributed by atoms with van der Waals surface area (Å²) in [4.78, 5) is 28.6. The number of aromatic nitrogens is 1. The first-order chi connectivity index (χ1) is 18.1. The van der Waals surface area contributed by atoms with Crippen LogP contribution in [0, 0.1) is 0 Å². The number of nitrogens with one attached hydrogen (secondary N) is 2. The number of H-pyrrole nitrogens is 1. The Morgan fingerprint density at radius 2 is 1.78 bits per heavy atom. The van der Waals surface area contributed by atoms with Gasteiger partial charge in [-0.1, -0.05) is 48.5 Å². The van der Waals surface area contributed by atoms with Crippen LogP contribution >= 0.6 is 0 Å². The Kier molecular flexibility index (Phi) is 6.80. The van der Waals surface area contributed by atoms with Crippen molar-refractivity contribution in [1.29, 1.82) is 0 Å². The van der Waals surface area contributed by atoms with Gasteiger partial charge in [0.15, 0.2) is 11.5 Å². The Labute approximate surface area is 212 Å². The smallest absolute Gasteiger partial charge is 0.379 e. The van der Waals surface area contributed by atoms with Crippen molar-refractivity contribution in [1.82, 2.24) is 10.4 Å². The van der Waals surface area contributed by atoms with E-state index in [1.54, 1.807) is 24.3 Å². The van der Waals surface area contributed by atoms with Gasteiger partial charge in [-0.25, -0.2) is 10.2 Å². The van der Waals surface area contributed by atoms with Crippen LogP contribution in [-0.4, -0.2) is 29.7 Å². The molecule has 3 aromatic carbocycles. The zero-order valence-corrected chi connectivity index (χ0v) is 19.9. The number of furan rings is 1. The molecule has 184 valence electrons. The van der Waals surface area contributed by atoms with Crippen molar-refractivity contribution in [3.8, 4) is 22.6 Å². The van der Waals surface area contributed by atoms with E-state index in [9.17, 15) is 9.59 Å². The largest absolute Gasteiger partial charge is 0.490 e. The quantitative estimate of drug-likeness (QED) is 0.123. The molecule has 0 saturated carbocycles. The number of benzene rings is 3. The zero-order valence-electron chi connectivity index (χ0n) is 19.9. The van der Waals surface area contributed by atoms with Crippen LogP contribution in [0.5, 0.6) is 11.5 Å². The third-order valence-corrected chi connectivity index (χ3v) is 5.57. The molecule has 0 aliphatic carbocycles. The molecule has 5 rings (SSSR count). The fraction of sp³-hybridized carbons (Fsp3) is 0.0690. The minimum Gasteiger partial charge on any atom is -0.490 e. The number of carbonyl (C=O) groups is 2. The maximum atomic E-state index is 13.1. The number of hydrogen-bond acceptors (Lipinski definition) is 6. The molecule has 2 N–H and O–H groups in total. The number of ether oxygens (including phenoxy) is 2. The number of rotatable bonds is 8. The maximum absolute atomic E-state index is 13.1. The second-order valence-corrected chi connectivity index (χ2v) is 7.99. The van der Waals surface area contributed by atoms with Crippen LogP contribution in [-0.2, 0) is 0 Å². The van der Waals surface area contributed by atoms with Gasteiger partial charge in [-0.05, 0) is 54.4 Å². The summed E-state index contributed by atoms with van der Waals surface area (Å²) in [5.74, 6) is -0.315. The van der Waals surface area contributed by atoms with Crippen molar-refractivity contribution in [3.05, 3.63) is 108 Å². The van der Waals surface area contributed by atoms with E-state index < -0.39 is 5.97 Å². The molecule has 0 atom stereocenters. The number of amides is 1. The normalized spacial score (nSPS) is 11.1. The van der Waals surface area contributed by atoms with Crippen LogP contribution < -0.4 is 14.9 Å². The summed E-state index contributed by atoms with van der Waals surface area (Å²) >= 11 is 0. The number of para-hydroxylation sites is 1. The summed E-state index contributed by atoms with van der Waals surface area (Å²) in [7, 11) is 0. The van der Waals surface area contributed by atoms with E-state index in [0.717, 1.165) is 22.0 Å². The van der Waals surface area contributed by atoms with Crippen LogP contribution in [0.4, 0.5) is 0 Å². The summed E-state index contributed by atoms with van der Waals surface area (Å²) < 4.78 is 16.1. The van der Waals surface area contributed by atoms with Gasteiger partial charge in [-0.15, -0.1) is 0 Å². The van der Waals surface area contributed by atoms with Crippen molar-refractivity contribution in [3.63, 3.8) is 0 Å². The first kappa shape index (κ1) is 23.6. The number of nitrogens with zero attached hydrogens (tertiary/aromatic N) is 1. The maximum Gasteiger partial charge on any atom is 0.379 e. The molecule has 0 unspecified atom stereocenters. The molecule has 0 aliphatic heterocycles. The van der Waals surface area contributed by atoms with Gasteiger partial charge in [0, 0.05) is 16.5 Å².